The van der Waals surface area contributed by atoms with Crippen molar-refractivity contribution in [2.75, 3.05) is 32.8 Å². The van der Waals surface area contributed by atoms with Crippen molar-refractivity contribution in [2.45, 2.75) is 19.4 Å². The van der Waals surface area contributed by atoms with Crippen LogP contribution in [0.4, 0.5) is 0 Å². The summed E-state index contributed by atoms with van der Waals surface area (Å²) in [5.74, 6) is 0.780. The number of hydrogen-bond donors (Lipinski definition) is 2. The molecule has 3 nitrogen and oxygen atoms in total. The van der Waals surface area contributed by atoms with E-state index in [4.69, 9.17) is 5.11 Å². The highest BCUT2D eigenvalue weighted by molar-refractivity contribution is 9.10. The number of aliphatic hydroxyl groups excluding tert-OH is 1. The Bertz CT molecular complexity index is 378. The molecule has 0 amide bonds. The number of aliphatic hydroxyl groups is 1. The van der Waals surface area contributed by atoms with Gasteiger partial charge in [0.2, 0.25) is 0 Å². The van der Waals surface area contributed by atoms with Crippen LogP contribution in [0.2, 0.25) is 0 Å². The molecular weight excluding hydrogens is 304 g/mol. The maximum absolute atomic E-state index is 8.92. The van der Waals surface area contributed by atoms with Gasteiger partial charge in [0.15, 0.2) is 0 Å². The van der Waals surface area contributed by atoms with Gasteiger partial charge in [-0.05, 0) is 56.1 Å². The van der Waals surface area contributed by atoms with E-state index in [1.165, 1.54) is 18.4 Å². The number of rotatable bonds is 6. The average Bonchev–Trinajstić information content (AvgIpc) is 2.41. The molecule has 4 heteroatoms. The fraction of sp³-hybridized carbons (Fsp3) is 0.600. The van der Waals surface area contributed by atoms with E-state index in [0.717, 1.165) is 43.1 Å². The highest BCUT2D eigenvalue weighted by Gasteiger charge is 2.18. The van der Waals surface area contributed by atoms with E-state index in [1.54, 1.807) is 0 Å². The van der Waals surface area contributed by atoms with E-state index < -0.39 is 0 Å². The van der Waals surface area contributed by atoms with Crippen LogP contribution < -0.4 is 5.32 Å². The summed E-state index contributed by atoms with van der Waals surface area (Å²) < 4.78 is 1.14. The molecule has 1 heterocycles. The Hall–Kier alpha value is -0.420. The molecule has 0 radical (unpaired) electrons. The van der Waals surface area contributed by atoms with Crippen molar-refractivity contribution >= 4 is 15.9 Å². The lowest BCUT2D eigenvalue weighted by molar-refractivity contribution is 0.146. The Morgan fingerprint density at radius 3 is 2.79 bits per heavy atom. The summed E-state index contributed by atoms with van der Waals surface area (Å²) in [5, 5.41) is 12.5. The quantitative estimate of drug-likeness (QED) is 0.841. The average molecular weight is 327 g/mol. The first-order chi connectivity index (χ1) is 9.28. The molecule has 1 aromatic carbocycles. The maximum atomic E-state index is 8.92. The lowest BCUT2D eigenvalue weighted by Crippen LogP contribution is -2.38. The molecule has 0 spiro atoms. The van der Waals surface area contributed by atoms with E-state index >= 15 is 0 Å². The van der Waals surface area contributed by atoms with E-state index in [-0.39, 0.29) is 6.61 Å². The summed E-state index contributed by atoms with van der Waals surface area (Å²) in [6.07, 6.45) is 2.48. The number of piperidine rings is 1. The van der Waals surface area contributed by atoms with E-state index in [9.17, 15) is 0 Å². The molecule has 2 N–H and O–H groups in total. The second-order valence-electron chi connectivity index (χ2n) is 5.27. The van der Waals surface area contributed by atoms with Gasteiger partial charge in [0.05, 0.1) is 6.61 Å². The van der Waals surface area contributed by atoms with E-state index in [2.05, 4.69) is 50.4 Å². The van der Waals surface area contributed by atoms with Crippen LogP contribution in [0.1, 0.15) is 18.4 Å². The number of likely N-dealkylation sites (tertiary alicyclic amines) is 1. The molecule has 0 bridgehead atoms. The van der Waals surface area contributed by atoms with Gasteiger partial charge in [0.1, 0.15) is 0 Å². The fourth-order valence-corrected chi connectivity index (χ4v) is 3.07. The number of nitrogens with zero attached hydrogens (tertiary/aromatic N) is 1. The smallest absolute Gasteiger partial charge is 0.0558 e. The third-order valence-electron chi connectivity index (χ3n) is 3.77. The minimum atomic E-state index is 0.284. The van der Waals surface area contributed by atoms with Gasteiger partial charge in [-0.15, -0.1) is 0 Å². The summed E-state index contributed by atoms with van der Waals surface area (Å²) in [5.41, 5.74) is 1.33. The third-order valence-corrected chi connectivity index (χ3v) is 4.27. The molecule has 1 aliphatic heterocycles. The van der Waals surface area contributed by atoms with Gasteiger partial charge in [-0.1, -0.05) is 28.1 Å². The highest BCUT2D eigenvalue weighted by Crippen LogP contribution is 2.16. The molecule has 19 heavy (non-hydrogen) atoms. The summed E-state index contributed by atoms with van der Waals surface area (Å²) >= 11 is 3.50. The van der Waals surface area contributed by atoms with Gasteiger partial charge in [-0.2, -0.15) is 0 Å². The molecule has 0 saturated carbocycles. The van der Waals surface area contributed by atoms with Gasteiger partial charge in [0, 0.05) is 17.6 Å². The first kappa shape index (κ1) is 15.0. The zero-order chi connectivity index (χ0) is 13.5. The molecule has 1 saturated heterocycles. The van der Waals surface area contributed by atoms with Gasteiger partial charge in [-0.3, -0.25) is 0 Å². The number of benzene rings is 1. The second-order valence-corrected chi connectivity index (χ2v) is 6.19. The maximum Gasteiger partial charge on any atom is 0.0558 e. The number of halogens is 1. The van der Waals surface area contributed by atoms with Gasteiger partial charge in [0.25, 0.3) is 0 Å². The lowest BCUT2D eigenvalue weighted by atomic mass is 9.97. The zero-order valence-electron chi connectivity index (χ0n) is 11.3. The molecule has 1 aliphatic rings. The SMILES string of the molecule is OCCN1CCC(CNCc2cccc(Br)c2)CC1. The number of nitrogens with one attached hydrogen (secondary N) is 1. The minimum absolute atomic E-state index is 0.284. The van der Waals surface area contributed by atoms with Crippen LogP contribution in [-0.2, 0) is 6.54 Å². The fourth-order valence-electron chi connectivity index (χ4n) is 2.62. The predicted molar refractivity (Wildman–Crippen MR) is 82.1 cm³/mol. The molecule has 106 valence electrons. The van der Waals surface area contributed by atoms with Crippen LogP contribution >= 0.6 is 15.9 Å². The molecule has 0 atom stereocenters. The third kappa shape index (κ3) is 5.22. The minimum Gasteiger partial charge on any atom is -0.395 e. The zero-order valence-corrected chi connectivity index (χ0v) is 12.9. The molecular formula is C15H23BrN2O. The van der Waals surface area contributed by atoms with Crippen LogP contribution in [0.25, 0.3) is 0 Å². The normalized spacial score (nSPS) is 17.8. The van der Waals surface area contributed by atoms with Crippen molar-refractivity contribution in [3.63, 3.8) is 0 Å². The summed E-state index contributed by atoms with van der Waals surface area (Å²) in [7, 11) is 0. The molecule has 0 aromatic heterocycles. The molecule has 1 fully saturated rings. The van der Waals surface area contributed by atoms with E-state index in [0.29, 0.717) is 0 Å². The second kappa shape index (κ2) is 8.00. The first-order valence-electron chi connectivity index (χ1n) is 7.06. The Morgan fingerprint density at radius 1 is 1.32 bits per heavy atom. The van der Waals surface area contributed by atoms with Gasteiger partial charge >= 0.3 is 0 Å². The Kier molecular flexibility index (Phi) is 6.31. The van der Waals surface area contributed by atoms with Crippen molar-refractivity contribution in [1.29, 1.82) is 0 Å². The monoisotopic (exact) mass is 326 g/mol. The van der Waals surface area contributed by atoms with Crippen LogP contribution in [0.3, 0.4) is 0 Å². The van der Waals surface area contributed by atoms with Crippen molar-refractivity contribution in [3.05, 3.63) is 34.3 Å². The van der Waals surface area contributed by atoms with Crippen molar-refractivity contribution in [1.82, 2.24) is 10.2 Å². The summed E-state index contributed by atoms with van der Waals surface area (Å²) in [4.78, 5) is 2.35. The molecule has 2 rings (SSSR count). The van der Waals surface area contributed by atoms with Crippen molar-refractivity contribution < 1.29 is 5.11 Å². The Balaban J connectivity index is 1.64. The lowest BCUT2D eigenvalue weighted by Gasteiger charge is -2.31. The van der Waals surface area contributed by atoms with Crippen LogP contribution in [-0.4, -0.2) is 42.8 Å². The molecule has 1 aromatic rings. The van der Waals surface area contributed by atoms with E-state index in [1.807, 2.05) is 0 Å². The predicted octanol–water partition coefficient (Wildman–Crippen LogP) is 2.24. The summed E-state index contributed by atoms with van der Waals surface area (Å²) in [6, 6.07) is 8.45. The number of hydrogen-bond acceptors (Lipinski definition) is 3. The summed E-state index contributed by atoms with van der Waals surface area (Å²) in [6.45, 7) is 5.41. The first-order valence-corrected chi connectivity index (χ1v) is 7.85. The Morgan fingerprint density at radius 2 is 2.11 bits per heavy atom. The number of β-amino-alcohol motifs (C(OH)–C–C–N with tert-alkyl or cyclic N) is 1. The van der Waals surface area contributed by atoms with Gasteiger partial charge in [-0.25, -0.2) is 0 Å². The topological polar surface area (TPSA) is 35.5 Å². The van der Waals surface area contributed by atoms with Crippen LogP contribution in [0, 0.1) is 5.92 Å². The van der Waals surface area contributed by atoms with Crippen molar-refractivity contribution in [3.8, 4) is 0 Å². The molecule has 0 aliphatic carbocycles. The highest BCUT2D eigenvalue weighted by atomic mass is 79.9. The van der Waals surface area contributed by atoms with Crippen molar-refractivity contribution in [2.24, 2.45) is 5.92 Å². The largest absolute Gasteiger partial charge is 0.395 e. The standard InChI is InChI=1S/C15H23BrN2O/c16-15-3-1-2-14(10-15)12-17-11-13-4-6-18(7-5-13)8-9-19/h1-3,10,13,17,19H,4-9,11-12H2. The molecule has 0 unspecified atom stereocenters. The van der Waals surface area contributed by atoms with Crippen LogP contribution in [0.15, 0.2) is 28.7 Å². The Labute approximate surface area is 124 Å². The van der Waals surface area contributed by atoms with Crippen LogP contribution in [0.5, 0.6) is 0 Å². The van der Waals surface area contributed by atoms with Gasteiger partial charge < -0.3 is 15.3 Å².